The van der Waals surface area contributed by atoms with Crippen molar-refractivity contribution >= 4 is 30.3 Å². The van der Waals surface area contributed by atoms with Crippen molar-refractivity contribution in [3.8, 4) is 0 Å². The normalized spacial score (nSPS) is 35.5. The van der Waals surface area contributed by atoms with Gasteiger partial charge < -0.3 is 15.5 Å². The van der Waals surface area contributed by atoms with E-state index in [0.29, 0.717) is 25.2 Å². The molecular weight excluding hydrogens is 332 g/mol. The lowest BCUT2D eigenvalue weighted by Gasteiger charge is -2.26. The molecule has 1 aliphatic carbocycles. The van der Waals surface area contributed by atoms with Crippen LogP contribution in [0.15, 0.2) is 0 Å². The van der Waals surface area contributed by atoms with Crippen molar-refractivity contribution in [2.75, 3.05) is 19.6 Å². The van der Waals surface area contributed by atoms with Crippen LogP contribution in [0.3, 0.4) is 0 Å². The van der Waals surface area contributed by atoms with Crippen LogP contribution in [0, 0.1) is 5.92 Å². The molecule has 134 valence electrons. The number of hydrogen-bond acceptors (Lipinski definition) is 4. The number of nitrogens with one attached hydrogen (secondary N) is 2. The third-order valence-electron chi connectivity index (χ3n) is 5.86. The van der Waals surface area contributed by atoms with Crippen LogP contribution in [0.2, 0.25) is 0 Å². The van der Waals surface area contributed by atoms with Gasteiger partial charge in [0.2, 0.25) is 5.91 Å². The van der Waals surface area contributed by atoms with Crippen LogP contribution in [-0.4, -0.2) is 64.9 Å². The van der Waals surface area contributed by atoms with Gasteiger partial charge in [0.15, 0.2) is 0 Å². The molecule has 2 bridgehead atoms. The molecule has 4 amide bonds. The molecule has 4 rings (SSSR count). The Bertz CT molecular complexity index is 568. The van der Waals surface area contributed by atoms with E-state index in [4.69, 9.17) is 0 Å². The maximum Gasteiger partial charge on any atom is 0.325 e. The van der Waals surface area contributed by atoms with E-state index < -0.39 is 11.6 Å². The molecule has 4 fully saturated rings. The minimum atomic E-state index is -0.809. The summed E-state index contributed by atoms with van der Waals surface area (Å²) in [7, 11) is 0. The molecule has 0 radical (unpaired) electrons. The van der Waals surface area contributed by atoms with Crippen LogP contribution >= 0.6 is 12.4 Å². The van der Waals surface area contributed by atoms with Gasteiger partial charge in [0, 0.05) is 25.2 Å². The zero-order valence-corrected chi connectivity index (χ0v) is 14.7. The summed E-state index contributed by atoms with van der Waals surface area (Å²) in [5.41, 5.74) is -0.809. The highest BCUT2D eigenvalue weighted by atomic mass is 35.5. The Balaban J connectivity index is 0.00000169. The van der Waals surface area contributed by atoms with E-state index in [2.05, 4.69) is 10.6 Å². The molecule has 4 aliphatic rings. The molecule has 3 aliphatic heterocycles. The highest BCUT2D eigenvalue weighted by Gasteiger charge is 2.56. The van der Waals surface area contributed by atoms with Gasteiger partial charge in [-0.3, -0.25) is 14.5 Å². The van der Waals surface area contributed by atoms with Gasteiger partial charge in [-0.05, 0) is 44.9 Å². The van der Waals surface area contributed by atoms with Gasteiger partial charge in [-0.2, -0.15) is 0 Å². The lowest BCUT2D eigenvalue weighted by atomic mass is 9.96. The van der Waals surface area contributed by atoms with Crippen LogP contribution in [-0.2, 0) is 9.59 Å². The molecule has 8 heteroatoms. The minimum absolute atomic E-state index is 0. The van der Waals surface area contributed by atoms with Gasteiger partial charge in [-0.15, -0.1) is 12.4 Å². The lowest BCUT2D eigenvalue weighted by Crippen LogP contribution is -2.48. The number of carbonyl (C=O) groups is 3. The van der Waals surface area contributed by atoms with Gasteiger partial charge in [-0.25, -0.2) is 4.79 Å². The molecule has 3 unspecified atom stereocenters. The zero-order valence-electron chi connectivity index (χ0n) is 13.9. The number of halogens is 1. The summed E-state index contributed by atoms with van der Waals surface area (Å²) in [6.07, 6.45) is 5.15. The third kappa shape index (κ3) is 2.88. The van der Waals surface area contributed by atoms with Crippen molar-refractivity contribution in [3.63, 3.8) is 0 Å². The van der Waals surface area contributed by atoms with E-state index in [9.17, 15) is 14.4 Å². The summed E-state index contributed by atoms with van der Waals surface area (Å²) in [6, 6.07) is 0.436. The maximum atomic E-state index is 12.6. The molecule has 1 saturated carbocycles. The van der Waals surface area contributed by atoms with Crippen LogP contribution < -0.4 is 10.6 Å². The fourth-order valence-corrected chi connectivity index (χ4v) is 4.20. The fraction of sp³-hybridized carbons (Fsp3) is 0.812. The molecule has 0 aromatic rings. The molecule has 24 heavy (non-hydrogen) atoms. The van der Waals surface area contributed by atoms with Crippen molar-refractivity contribution < 1.29 is 14.4 Å². The summed E-state index contributed by atoms with van der Waals surface area (Å²) in [5.74, 6) is -0.145. The zero-order chi connectivity index (χ0) is 16.2. The SMILES string of the molecule is CC1(C2CC2)NC(=O)N(CC(=O)N2CCC3CCC(C2)N3)C1=O.Cl. The lowest BCUT2D eigenvalue weighted by molar-refractivity contribution is -0.139. The molecule has 2 N–H and O–H groups in total. The summed E-state index contributed by atoms with van der Waals surface area (Å²) in [5, 5.41) is 6.33. The first-order chi connectivity index (χ1) is 11.0. The quantitative estimate of drug-likeness (QED) is 0.721. The second-order valence-corrected chi connectivity index (χ2v) is 7.56. The van der Waals surface area contributed by atoms with E-state index in [0.717, 1.165) is 30.6 Å². The van der Waals surface area contributed by atoms with Gasteiger partial charge in [0.1, 0.15) is 12.1 Å². The molecule has 0 aromatic carbocycles. The molecule has 0 aromatic heterocycles. The molecule has 3 saturated heterocycles. The Labute approximate surface area is 147 Å². The maximum absolute atomic E-state index is 12.6. The Morgan fingerprint density at radius 1 is 1.17 bits per heavy atom. The Morgan fingerprint density at radius 2 is 1.88 bits per heavy atom. The van der Waals surface area contributed by atoms with E-state index in [1.54, 1.807) is 6.92 Å². The van der Waals surface area contributed by atoms with Crippen LogP contribution in [0.4, 0.5) is 4.79 Å². The number of likely N-dealkylation sites (tertiary alicyclic amines) is 1. The first-order valence-corrected chi connectivity index (χ1v) is 8.65. The number of carbonyl (C=O) groups excluding carboxylic acids is 3. The molecular formula is C16H25ClN4O3. The average molecular weight is 357 g/mol. The Hall–Kier alpha value is -1.34. The summed E-state index contributed by atoms with van der Waals surface area (Å²) in [6.45, 7) is 3.03. The average Bonchev–Trinajstić information content (AvgIpc) is 3.25. The van der Waals surface area contributed by atoms with E-state index in [1.807, 2.05) is 4.90 Å². The monoisotopic (exact) mass is 356 g/mol. The van der Waals surface area contributed by atoms with Crippen LogP contribution in [0.25, 0.3) is 0 Å². The van der Waals surface area contributed by atoms with Crippen molar-refractivity contribution in [3.05, 3.63) is 0 Å². The second-order valence-electron chi connectivity index (χ2n) is 7.56. The predicted molar refractivity (Wildman–Crippen MR) is 89.8 cm³/mol. The van der Waals surface area contributed by atoms with Crippen molar-refractivity contribution in [2.24, 2.45) is 5.92 Å². The van der Waals surface area contributed by atoms with Gasteiger partial charge in [0.25, 0.3) is 5.91 Å². The summed E-state index contributed by atoms with van der Waals surface area (Å²) in [4.78, 5) is 40.3. The number of nitrogens with zero attached hydrogens (tertiary/aromatic N) is 2. The van der Waals surface area contributed by atoms with Crippen molar-refractivity contribution in [1.29, 1.82) is 0 Å². The number of hydrogen-bond donors (Lipinski definition) is 2. The van der Waals surface area contributed by atoms with Gasteiger partial charge in [-0.1, -0.05) is 0 Å². The van der Waals surface area contributed by atoms with Gasteiger partial charge >= 0.3 is 6.03 Å². The van der Waals surface area contributed by atoms with E-state index in [1.165, 1.54) is 6.42 Å². The third-order valence-corrected chi connectivity index (χ3v) is 5.86. The van der Waals surface area contributed by atoms with Crippen molar-refractivity contribution in [2.45, 2.75) is 56.7 Å². The summed E-state index contributed by atoms with van der Waals surface area (Å²) < 4.78 is 0. The molecule has 3 atom stereocenters. The summed E-state index contributed by atoms with van der Waals surface area (Å²) >= 11 is 0. The number of urea groups is 1. The van der Waals surface area contributed by atoms with Crippen molar-refractivity contribution in [1.82, 2.24) is 20.4 Å². The molecule has 7 nitrogen and oxygen atoms in total. The highest BCUT2D eigenvalue weighted by Crippen LogP contribution is 2.42. The van der Waals surface area contributed by atoms with Crippen LogP contribution in [0.1, 0.15) is 39.0 Å². The smallest absolute Gasteiger partial charge is 0.325 e. The Morgan fingerprint density at radius 3 is 2.58 bits per heavy atom. The second kappa shape index (κ2) is 6.19. The molecule has 3 heterocycles. The number of fused-ring (bicyclic) bond motifs is 2. The Kier molecular flexibility index (Phi) is 4.51. The molecule has 0 spiro atoms. The first kappa shape index (κ1) is 17.5. The largest absolute Gasteiger partial charge is 0.340 e. The van der Waals surface area contributed by atoms with Gasteiger partial charge in [0.05, 0.1) is 0 Å². The minimum Gasteiger partial charge on any atom is -0.340 e. The van der Waals surface area contributed by atoms with E-state index in [-0.39, 0.29) is 36.7 Å². The highest BCUT2D eigenvalue weighted by molar-refractivity contribution is 6.09. The number of rotatable bonds is 3. The predicted octanol–water partition coefficient (Wildman–Crippen LogP) is 0.482. The topological polar surface area (TPSA) is 81.8 Å². The number of imide groups is 1. The van der Waals surface area contributed by atoms with Crippen LogP contribution in [0.5, 0.6) is 0 Å². The standard InChI is InChI=1S/C16H24N4O3.ClH/c1-16(10-2-3-10)14(22)20(15(23)18-16)9-13(21)19-7-6-11-4-5-12(8-19)17-11;/h10-12,17H,2-9H2,1H3,(H,18,23);1H. The fourth-order valence-electron chi connectivity index (χ4n) is 4.20. The number of amides is 4. The van der Waals surface area contributed by atoms with E-state index >= 15 is 0 Å². The first-order valence-electron chi connectivity index (χ1n) is 8.65.